The third-order valence-corrected chi connectivity index (χ3v) is 3.73. The SMILES string of the molecule is CC(C)(C#N)CCCNCC1CCCCC1O. The van der Waals surface area contributed by atoms with E-state index in [1.807, 2.05) is 13.8 Å². The van der Waals surface area contributed by atoms with Crippen molar-refractivity contribution in [1.82, 2.24) is 5.32 Å². The molecule has 0 spiro atoms. The molecule has 0 radical (unpaired) electrons. The van der Waals surface area contributed by atoms with Crippen LogP contribution in [0.1, 0.15) is 52.4 Å². The summed E-state index contributed by atoms with van der Waals surface area (Å²) in [7, 11) is 0. The van der Waals surface area contributed by atoms with E-state index in [1.165, 1.54) is 12.8 Å². The molecule has 0 aromatic heterocycles. The number of hydrogen-bond acceptors (Lipinski definition) is 3. The number of aliphatic hydroxyl groups excluding tert-OH is 1. The van der Waals surface area contributed by atoms with Crippen LogP contribution in [0, 0.1) is 22.7 Å². The Hall–Kier alpha value is -0.590. The fourth-order valence-corrected chi connectivity index (χ4v) is 2.42. The van der Waals surface area contributed by atoms with Gasteiger partial charge in [-0.15, -0.1) is 0 Å². The van der Waals surface area contributed by atoms with Crippen molar-refractivity contribution in [2.24, 2.45) is 11.3 Å². The van der Waals surface area contributed by atoms with Crippen molar-refractivity contribution < 1.29 is 5.11 Å². The van der Waals surface area contributed by atoms with E-state index < -0.39 is 0 Å². The Morgan fingerprint density at radius 1 is 1.35 bits per heavy atom. The van der Waals surface area contributed by atoms with Crippen molar-refractivity contribution in [2.75, 3.05) is 13.1 Å². The highest BCUT2D eigenvalue weighted by Crippen LogP contribution is 2.24. The largest absolute Gasteiger partial charge is 0.393 e. The molecule has 0 bridgehead atoms. The molecule has 17 heavy (non-hydrogen) atoms. The van der Waals surface area contributed by atoms with E-state index in [9.17, 15) is 5.11 Å². The molecular formula is C14H26N2O. The van der Waals surface area contributed by atoms with Crippen molar-refractivity contribution in [3.63, 3.8) is 0 Å². The van der Waals surface area contributed by atoms with Gasteiger partial charge < -0.3 is 10.4 Å². The van der Waals surface area contributed by atoms with Crippen LogP contribution in [-0.4, -0.2) is 24.3 Å². The predicted molar refractivity (Wildman–Crippen MR) is 69.5 cm³/mol. The molecular weight excluding hydrogens is 212 g/mol. The van der Waals surface area contributed by atoms with Crippen LogP contribution < -0.4 is 5.32 Å². The van der Waals surface area contributed by atoms with Crippen LogP contribution in [0.5, 0.6) is 0 Å². The minimum Gasteiger partial charge on any atom is -0.393 e. The van der Waals surface area contributed by atoms with Gasteiger partial charge in [0.05, 0.1) is 17.6 Å². The Morgan fingerprint density at radius 3 is 2.71 bits per heavy atom. The van der Waals surface area contributed by atoms with Crippen molar-refractivity contribution >= 4 is 0 Å². The third-order valence-electron chi connectivity index (χ3n) is 3.73. The standard InChI is InChI=1S/C14H26N2O/c1-14(2,11-15)8-5-9-16-10-12-6-3-4-7-13(12)17/h12-13,16-17H,3-10H2,1-2H3. The second-order valence-electron chi connectivity index (χ2n) is 5.92. The summed E-state index contributed by atoms with van der Waals surface area (Å²) in [6, 6.07) is 2.32. The molecule has 0 aromatic carbocycles. The van der Waals surface area contributed by atoms with Gasteiger partial charge in [0, 0.05) is 6.54 Å². The van der Waals surface area contributed by atoms with Crippen LogP contribution in [-0.2, 0) is 0 Å². The summed E-state index contributed by atoms with van der Waals surface area (Å²) in [6.45, 7) is 5.85. The average molecular weight is 238 g/mol. The number of aliphatic hydroxyl groups is 1. The summed E-state index contributed by atoms with van der Waals surface area (Å²) in [4.78, 5) is 0. The summed E-state index contributed by atoms with van der Waals surface area (Å²) in [6.07, 6.45) is 6.41. The Bertz CT molecular complexity index is 257. The van der Waals surface area contributed by atoms with E-state index >= 15 is 0 Å². The van der Waals surface area contributed by atoms with Gasteiger partial charge in [-0.25, -0.2) is 0 Å². The molecule has 1 saturated carbocycles. The van der Waals surface area contributed by atoms with Crippen LogP contribution in [0.4, 0.5) is 0 Å². The first-order valence-electron chi connectivity index (χ1n) is 6.85. The van der Waals surface area contributed by atoms with E-state index in [4.69, 9.17) is 5.26 Å². The van der Waals surface area contributed by atoms with E-state index in [0.717, 1.165) is 38.8 Å². The summed E-state index contributed by atoms with van der Waals surface area (Å²) in [5, 5.41) is 22.1. The molecule has 0 aromatic rings. The molecule has 0 aliphatic heterocycles. The molecule has 0 heterocycles. The molecule has 3 heteroatoms. The molecule has 1 fully saturated rings. The minimum atomic E-state index is -0.202. The maximum Gasteiger partial charge on any atom is 0.0683 e. The number of nitrogens with one attached hydrogen (secondary N) is 1. The van der Waals surface area contributed by atoms with Crippen LogP contribution in [0.2, 0.25) is 0 Å². The number of nitrogens with zero attached hydrogens (tertiary/aromatic N) is 1. The van der Waals surface area contributed by atoms with Gasteiger partial charge in [-0.05, 0) is 52.0 Å². The first-order chi connectivity index (χ1) is 8.05. The zero-order chi connectivity index (χ0) is 12.7. The summed E-state index contributed by atoms with van der Waals surface area (Å²) >= 11 is 0. The van der Waals surface area contributed by atoms with E-state index in [1.54, 1.807) is 0 Å². The van der Waals surface area contributed by atoms with E-state index in [0.29, 0.717) is 5.92 Å². The first kappa shape index (κ1) is 14.5. The molecule has 3 nitrogen and oxygen atoms in total. The van der Waals surface area contributed by atoms with Crippen molar-refractivity contribution in [2.45, 2.75) is 58.5 Å². The Balaban J connectivity index is 2.06. The molecule has 0 saturated heterocycles. The van der Waals surface area contributed by atoms with Crippen molar-refractivity contribution in [3.8, 4) is 6.07 Å². The van der Waals surface area contributed by atoms with E-state index in [-0.39, 0.29) is 11.5 Å². The highest BCUT2D eigenvalue weighted by atomic mass is 16.3. The average Bonchev–Trinajstić information content (AvgIpc) is 2.31. The Morgan fingerprint density at radius 2 is 2.06 bits per heavy atom. The first-order valence-corrected chi connectivity index (χ1v) is 6.85. The molecule has 2 unspecified atom stereocenters. The quantitative estimate of drug-likeness (QED) is 0.699. The van der Waals surface area contributed by atoms with Crippen LogP contribution in [0.3, 0.4) is 0 Å². The van der Waals surface area contributed by atoms with Gasteiger partial charge in [-0.1, -0.05) is 12.8 Å². The minimum absolute atomic E-state index is 0.105. The van der Waals surface area contributed by atoms with Gasteiger partial charge in [0.15, 0.2) is 0 Å². The monoisotopic (exact) mass is 238 g/mol. The zero-order valence-electron chi connectivity index (χ0n) is 11.2. The molecule has 0 amide bonds. The summed E-state index contributed by atoms with van der Waals surface area (Å²) in [5.41, 5.74) is -0.202. The predicted octanol–water partition coefficient (Wildman–Crippen LogP) is 2.46. The fourth-order valence-electron chi connectivity index (χ4n) is 2.42. The number of hydrogen-bond donors (Lipinski definition) is 2. The van der Waals surface area contributed by atoms with Gasteiger partial charge in [-0.2, -0.15) is 5.26 Å². The lowest BCUT2D eigenvalue weighted by Gasteiger charge is -2.27. The highest BCUT2D eigenvalue weighted by molar-refractivity contribution is 4.91. The normalized spacial score (nSPS) is 25.5. The van der Waals surface area contributed by atoms with Gasteiger partial charge in [0.2, 0.25) is 0 Å². The molecule has 1 aliphatic carbocycles. The zero-order valence-corrected chi connectivity index (χ0v) is 11.2. The van der Waals surface area contributed by atoms with Gasteiger partial charge >= 0.3 is 0 Å². The third kappa shape index (κ3) is 5.52. The lowest BCUT2D eigenvalue weighted by Crippen LogP contribution is -2.34. The lowest BCUT2D eigenvalue weighted by molar-refractivity contribution is 0.0696. The van der Waals surface area contributed by atoms with Gasteiger partial charge in [0.25, 0.3) is 0 Å². The highest BCUT2D eigenvalue weighted by Gasteiger charge is 2.22. The molecule has 2 N–H and O–H groups in total. The summed E-state index contributed by atoms with van der Waals surface area (Å²) in [5.74, 6) is 0.438. The second-order valence-corrected chi connectivity index (χ2v) is 5.92. The fraction of sp³-hybridized carbons (Fsp3) is 0.929. The number of rotatable bonds is 6. The molecule has 2 atom stereocenters. The molecule has 98 valence electrons. The van der Waals surface area contributed by atoms with Crippen LogP contribution in [0.25, 0.3) is 0 Å². The maximum atomic E-state index is 9.81. The Labute approximate surface area is 105 Å². The smallest absolute Gasteiger partial charge is 0.0683 e. The van der Waals surface area contributed by atoms with E-state index in [2.05, 4.69) is 11.4 Å². The molecule has 1 aliphatic rings. The van der Waals surface area contributed by atoms with Gasteiger partial charge in [0.1, 0.15) is 0 Å². The number of nitriles is 1. The lowest BCUT2D eigenvalue weighted by atomic mass is 9.86. The topological polar surface area (TPSA) is 56.0 Å². The van der Waals surface area contributed by atoms with Crippen molar-refractivity contribution in [1.29, 1.82) is 5.26 Å². The van der Waals surface area contributed by atoms with Gasteiger partial charge in [-0.3, -0.25) is 0 Å². The summed E-state index contributed by atoms with van der Waals surface area (Å²) < 4.78 is 0. The Kier molecular flexibility index (Phi) is 5.94. The second kappa shape index (κ2) is 6.98. The molecule has 1 rings (SSSR count). The van der Waals surface area contributed by atoms with Crippen molar-refractivity contribution in [3.05, 3.63) is 0 Å². The van der Waals surface area contributed by atoms with Crippen LogP contribution >= 0.6 is 0 Å². The maximum absolute atomic E-state index is 9.81. The van der Waals surface area contributed by atoms with Crippen LogP contribution in [0.15, 0.2) is 0 Å².